The molecule has 0 bridgehead atoms. The molecular formula is C18H22N2O4. The molecule has 0 aliphatic heterocycles. The molecule has 0 saturated carbocycles. The van der Waals surface area contributed by atoms with Gasteiger partial charge in [0.15, 0.2) is 11.6 Å². The molecule has 0 radical (unpaired) electrons. The fourth-order valence-corrected chi connectivity index (χ4v) is 1.91. The van der Waals surface area contributed by atoms with Crippen LogP contribution < -0.4 is 20.9 Å². The first kappa shape index (κ1) is 19.0. The normalized spacial score (nSPS) is 9.50. The van der Waals surface area contributed by atoms with Gasteiger partial charge in [0.1, 0.15) is 11.5 Å². The van der Waals surface area contributed by atoms with Crippen molar-refractivity contribution in [1.29, 1.82) is 0 Å². The summed E-state index contributed by atoms with van der Waals surface area (Å²) in [5.74, 6) is 1.20. The van der Waals surface area contributed by atoms with E-state index in [1.165, 1.54) is 13.8 Å². The minimum absolute atomic E-state index is 0.00403. The average Bonchev–Trinajstić information content (AvgIpc) is 2.55. The van der Waals surface area contributed by atoms with Crippen LogP contribution >= 0.6 is 0 Å². The van der Waals surface area contributed by atoms with Crippen molar-refractivity contribution in [2.24, 2.45) is 0 Å². The summed E-state index contributed by atoms with van der Waals surface area (Å²) in [5, 5.41) is 0. The van der Waals surface area contributed by atoms with E-state index in [0.29, 0.717) is 34.0 Å². The molecule has 6 heteroatoms. The molecule has 0 aliphatic carbocycles. The first-order valence-electron chi connectivity index (χ1n) is 7.19. The number of anilines is 2. The molecule has 128 valence electrons. The molecule has 0 unspecified atom stereocenters. The van der Waals surface area contributed by atoms with Gasteiger partial charge in [-0.3, -0.25) is 9.59 Å². The van der Waals surface area contributed by atoms with Crippen LogP contribution in [0.3, 0.4) is 0 Å². The molecular weight excluding hydrogens is 308 g/mol. The summed E-state index contributed by atoms with van der Waals surface area (Å²) in [4.78, 5) is 21.8. The number of rotatable bonds is 4. The highest BCUT2D eigenvalue weighted by atomic mass is 16.5. The standard InChI is InChI=1S/2C9H11NO2/c2*1-6(11)7-3-4-9(12-2)8(10)5-7/h2*3-5H,10H2,1-2H3. The molecule has 0 aromatic heterocycles. The van der Waals surface area contributed by atoms with Gasteiger partial charge in [0.2, 0.25) is 0 Å². The molecule has 2 aromatic rings. The Balaban J connectivity index is 0.000000240. The number of Topliss-reactive ketones (excluding diaryl/α,β-unsaturated/α-hetero) is 2. The predicted octanol–water partition coefficient (Wildman–Crippen LogP) is 2.96. The maximum atomic E-state index is 10.9. The lowest BCUT2D eigenvalue weighted by Gasteiger charge is -2.04. The van der Waals surface area contributed by atoms with Crippen molar-refractivity contribution in [3.63, 3.8) is 0 Å². The van der Waals surface area contributed by atoms with E-state index in [1.54, 1.807) is 50.6 Å². The molecule has 0 heterocycles. The van der Waals surface area contributed by atoms with Crippen LogP contribution in [0.4, 0.5) is 11.4 Å². The Morgan fingerprint density at radius 1 is 0.750 bits per heavy atom. The summed E-state index contributed by atoms with van der Waals surface area (Å²) in [6, 6.07) is 9.98. The monoisotopic (exact) mass is 330 g/mol. The molecule has 0 atom stereocenters. The topological polar surface area (TPSA) is 105 Å². The van der Waals surface area contributed by atoms with Gasteiger partial charge in [0.25, 0.3) is 0 Å². The molecule has 24 heavy (non-hydrogen) atoms. The van der Waals surface area contributed by atoms with Crippen molar-refractivity contribution in [1.82, 2.24) is 0 Å². The molecule has 2 aromatic carbocycles. The first-order chi connectivity index (χ1) is 11.3. The highest BCUT2D eigenvalue weighted by Crippen LogP contribution is 2.22. The van der Waals surface area contributed by atoms with Crippen LogP contribution in [0.15, 0.2) is 36.4 Å². The number of carbonyl (C=O) groups is 2. The average molecular weight is 330 g/mol. The van der Waals surface area contributed by atoms with Crippen LogP contribution in [-0.4, -0.2) is 25.8 Å². The fraction of sp³-hybridized carbons (Fsp3) is 0.222. The quantitative estimate of drug-likeness (QED) is 0.659. The Kier molecular flexibility index (Phi) is 6.79. The zero-order valence-corrected chi connectivity index (χ0v) is 14.3. The lowest BCUT2D eigenvalue weighted by atomic mass is 10.1. The Labute approximate surface area is 141 Å². The third-order valence-electron chi connectivity index (χ3n) is 3.27. The molecule has 0 amide bonds. The van der Waals surface area contributed by atoms with Gasteiger partial charge < -0.3 is 20.9 Å². The third-order valence-corrected chi connectivity index (χ3v) is 3.27. The zero-order chi connectivity index (χ0) is 18.3. The molecule has 0 fully saturated rings. The molecule has 4 N–H and O–H groups in total. The Hall–Kier alpha value is -3.02. The van der Waals surface area contributed by atoms with E-state index in [0.717, 1.165) is 0 Å². The number of ketones is 2. The summed E-state index contributed by atoms with van der Waals surface area (Å²) >= 11 is 0. The maximum Gasteiger partial charge on any atom is 0.159 e. The molecule has 0 saturated heterocycles. The second kappa shape index (κ2) is 8.57. The summed E-state index contributed by atoms with van der Waals surface area (Å²) in [6.45, 7) is 3.00. The van der Waals surface area contributed by atoms with Crippen LogP contribution in [-0.2, 0) is 0 Å². The van der Waals surface area contributed by atoms with Crippen molar-refractivity contribution < 1.29 is 19.1 Å². The van der Waals surface area contributed by atoms with E-state index >= 15 is 0 Å². The van der Waals surface area contributed by atoms with E-state index in [1.807, 2.05) is 0 Å². The van der Waals surface area contributed by atoms with Gasteiger partial charge in [-0.05, 0) is 50.2 Å². The lowest BCUT2D eigenvalue weighted by molar-refractivity contribution is 0.100. The SMILES string of the molecule is COc1ccc(C(C)=O)cc1N.COc1ccc(C(C)=O)cc1N. The number of ether oxygens (including phenoxy) is 2. The molecule has 6 nitrogen and oxygen atoms in total. The Morgan fingerprint density at radius 2 is 1.08 bits per heavy atom. The van der Waals surface area contributed by atoms with Crippen LogP contribution in [0, 0.1) is 0 Å². The predicted molar refractivity (Wildman–Crippen MR) is 94.8 cm³/mol. The van der Waals surface area contributed by atoms with Crippen LogP contribution in [0.2, 0.25) is 0 Å². The van der Waals surface area contributed by atoms with Gasteiger partial charge in [0.05, 0.1) is 25.6 Å². The summed E-state index contributed by atoms with van der Waals surface area (Å²) in [7, 11) is 3.08. The molecule has 2 rings (SSSR count). The van der Waals surface area contributed by atoms with Crippen molar-refractivity contribution in [2.45, 2.75) is 13.8 Å². The van der Waals surface area contributed by atoms with Crippen molar-refractivity contribution >= 4 is 22.9 Å². The number of nitrogen functional groups attached to an aromatic ring is 2. The number of carbonyl (C=O) groups excluding carboxylic acids is 2. The van der Waals surface area contributed by atoms with Crippen LogP contribution in [0.1, 0.15) is 34.6 Å². The third kappa shape index (κ3) is 5.01. The first-order valence-corrected chi connectivity index (χ1v) is 7.19. The number of benzene rings is 2. The van der Waals surface area contributed by atoms with Crippen LogP contribution in [0.5, 0.6) is 11.5 Å². The molecule has 0 aliphatic rings. The van der Waals surface area contributed by atoms with E-state index in [-0.39, 0.29) is 11.6 Å². The summed E-state index contributed by atoms with van der Waals surface area (Å²) in [5.41, 5.74) is 13.4. The van der Waals surface area contributed by atoms with Gasteiger partial charge >= 0.3 is 0 Å². The van der Waals surface area contributed by atoms with Crippen LogP contribution in [0.25, 0.3) is 0 Å². The van der Waals surface area contributed by atoms with Crippen molar-refractivity contribution in [3.05, 3.63) is 47.5 Å². The van der Waals surface area contributed by atoms with Crippen molar-refractivity contribution in [3.8, 4) is 11.5 Å². The van der Waals surface area contributed by atoms with E-state index in [2.05, 4.69) is 0 Å². The van der Waals surface area contributed by atoms with E-state index in [9.17, 15) is 9.59 Å². The van der Waals surface area contributed by atoms with Gasteiger partial charge in [-0.15, -0.1) is 0 Å². The van der Waals surface area contributed by atoms with Gasteiger partial charge in [-0.2, -0.15) is 0 Å². The van der Waals surface area contributed by atoms with Crippen molar-refractivity contribution in [2.75, 3.05) is 25.7 Å². The zero-order valence-electron chi connectivity index (χ0n) is 14.3. The van der Waals surface area contributed by atoms with E-state index < -0.39 is 0 Å². The highest BCUT2D eigenvalue weighted by Gasteiger charge is 2.03. The summed E-state index contributed by atoms with van der Waals surface area (Å²) < 4.78 is 9.89. The minimum Gasteiger partial charge on any atom is -0.495 e. The molecule has 0 spiro atoms. The number of methoxy groups -OCH3 is 2. The number of hydrogen-bond donors (Lipinski definition) is 2. The lowest BCUT2D eigenvalue weighted by Crippen LogP contribution is -1.97. The number of hydrogen-bond acceptors (Lipinski definition) is 6. The minimum atomic E-state index is 0.00403. The Bertz CT molecular complexity index is 678. The summed E-state index contributed by atoms with van der Waals surface area (Å²) in [6.07, 6.45) is 0. The fourth-order valence-electron chi connectivity index (χ4n) is 1.91. The second-order valence-corrected chi connectivity index (χ2v) is 5.03. The Morgan fingerprint density at radius 3 is 1.29 bits per heavy atom. The van der Waals surface area contributed by atoms with Gasteiger partial charge in [-0.1, -0.05) is 0 Å². The highest BCUT2D eigenvalue weighted by molar-refractivity contribution is 5.95. The number of nitrogens with two attached hydrogens (primary N) is 2. The van der Waals surface area contributed by atoms with Gasteiger partial charge in [-0.25, -0.2) is 0 Å². The van der Waals surface area contributed by atoms with E-state index in [4.69, 9.17) is 20.9 Å². The van der Waals surface area contributed by atoms with Gasteiger partial charge in [0, 0.05) is 11.1 Å². The smallest absolute Gasteiger partial charge is 0.159 e. The largest absolute Gasteiger partial charge is 0.495 e. The second-order valence-electron chi connectivity index (χ2n) is 5.03. The maximum absolute atomic E-state index is 10.9.